The van der Waals surface area contributed by atoms with Crippen molar-refractivity contribution >= 4 is 16.7 Å². The summed E-state index contributed by atoms with van der Waals surface area (Å²) in [7, 11) is 0. The third-order valence-corrected chi connectivity index (χ3v) is 3.84. The monoisotopic (exact) mass is 294 g/mol. The lowest BCUT2D eigenvalue weighted by molar-refractivity contribution is -0.00549. The second kappa shape index (κ2) is 5.27. The number of hydrogen-bond acceptors (Lipinski definition) is 5. The van der Waals surface area contributed by atoms with E-state index in [2.05, 4.69) is 5.16 Å². The number of rotatable bonds is 2. The summed E-state index contributed by atoms with van der Waals surface area (Å²) in [5.41, 5.74) is 1.70. The topological polar surface area (TPSA) is 58.7 Å². The summed E-state index contributed by atoms with van der Waals surface area (Å²) in [6.45, 7) is 6.59. The molecule has 0 radical (unpaired) electrons. The molecular weight excluding hydrogens is 275 g/mol. The molecule has 114 valence electrons. The van der Waals surface area contributed by atoms with Gasteiger partial charge >= 0.3 is 0 Å². The van der Waals surface area contributed by atoms with Crippen LogP contribution in [-0.2, 0) is 11.3 Å². The third kappa shape index (κ3) is 2.38. The number of morpholine rings is 1. The molecule has 1 N–H and O–H groups in total. The summed E-state index contributed by atoms with van der Waals surface area (Å²) in [6, 6.07) is 1.75. The molecule has 2 heterocycles. The van der Waals surface area contributed by atoms with Crippen molar-refractivity contribution in [2.45, 2.75) is 39.6 Å². The highest BCUT2D eigenvalue weighted by Crippen LogP contribution is 2.34. The van der Waals surface area contributed by atoms with E-state index in [-0.39, 0.29) is 24.4 Å². The van der Waals surface area contributed by atoms with Gasteiger partial charge < -0.3 is 19.3 Å². The summed E-state index contributed by atoms with van der Waals surface area (Å²) in [5.74, 6) is -0.460. The van der Waals surface area contributed by atoms with Crippen LogP contribution in [0.4, 0.5) is 10.1 Å². The number of hydrogen-bond donors (Lipinski definition) is 1. The fourth-order valence-electron chi connectivity index (χ4n) is 3.02. The quantitative estimate of drug-likeness (QED) is 0.921. The van der Waals surface area contributed by atoms with Gasteiger partial charge in [-0.05, 0) is 26.8 Å². The fraction of sp³-hybridized carbons (Fsp3) is 0.533. The molecule has 0 aliphatic carbocycles. The van der Waals surface area contributed by atoms with Gasteiger partial charge in [0.25, 0.3) is 0 Å². The van der Waals surface area contributed by atoms with Crippen LogP contribution < -0.4 is 4.90 Å². The van der Waals surface area contributed by atoms with Crippen LogP contribution >= 0.6 is 0 Å². The average molecular weight is 294 g/mol. The highest BCUT2D eigenvalue weighted by molar-refractivity contribution is 5.85. The zero-order valence-electron chi connectivity index (χ0n) is 12.4. The summed E-state index contributed by atoms with van der Waals surface area (Å²) in [4.78, 5) is 1.91. The lowest BCUT2D eigenvalue weighted by atomic mass is 10.1. The van der Waals surface area contributed by atoms with Crippen LogP contribution in [0.25, 0.3) is 11.0 Å². The van der Waals surface area contributed by atoms with Gasteiger partial charge in [0.05, 0.1) is 30.2 Å². The minimum atomic E-state index is -0.460. The Morgan fingerprint density at radius 3 is 2.67 bits per heavy atom. The second-order valence-electron chi connectivity index (χ2n) is 5.66. The van der Waals surface area contributed by atoms with Crippen molar-refractivity contribution in [3.05, 3.63) is 23.1 Å². The summed E-state index contributed by atoms with van der Waals surface area (Å²) >= 11 is 0. The van der Waals surface area contributed by atoms with E-state index in [0.29, 0.717) is 35.4 Å². The molecule has 6 heteroatoms. The number of nitrogens with zero attached hydrogens (tertiary/aromatic N) is 2. The molecule has 1 aromatic carbocycles. The second-order valence-corrected chi connectivity index (χ2v) is 5.66. The van der Waals surface area contributed by atoms with E-state index in [1.807, 2.05) is 18.7 Å². The van der Waals surface area contributed by atoms with Gasteiger partial charge in [-0.25, -0.2) is 4.39 Å². The molecule has 3 rings (SSSR count). The number of aryl methyl sites for hydroxylation is 1. The van der Waals surface area contributed by atoms with Crippen LogP contribution in [0.5, 0.6) is 0 Å². The highest BCUT2D eigenvalue weighted by atomic mass is 19.1. The lowest BCUT2D eigenvalue weighted by Gasteiger charge is -2.37. The van der Waals surface area contributed by atoms with Gasteiger partial charge in [-0.1, -0.05) is 5.16 Å². The molecule has 5 nitrogen and oxygen atoms in total. The van der Waals surface area contributed by atoms with E-state index >= 15 is 0 Å². The van der Waals surface area contributed by atoms with Gasteiger partial charge in [-0.2, -0.15) is 0 Å². The molecule has 1 aromatic heterocycles. The third-order valence-electron chi connectivity index (χ3n) is 3.84. The molecule has 2 aromatic rings. The van der Waals surface area contributed by atoms with Gasteiger partial charge in [0.15, 0.2) is 5.82 Å². The Balaban J connectivity index is 2.14. The van der Waals surface area contributed by atoms with Gasteiger partial charge in [0, 0.05) is 24.0 Å². The Morgan fingerprint density at radius 1 is 1.38 bits per heavy atom. The molecule has 0 spiro atoms. The summed E-state index contributed by atoms with van der Waals surface area (Å²) < 4.78 is 25.6. The van der Waals surface area contributed by atoms with Crippen LogP contribution in [-0.4, -0.2) is 35.6 Å². The Morgan fingerprint density at radius 2 is 2.05 bits per heavy atom. The first-order valence-corrected chi connectivity index (χ1v) is 7.10. The molecule has 21 heavy (non-hydrogen) atoms. The molecule has 0 bridgehead atoms. The highest BCUT2D eigenvalue weighted by Gasteiger charge is 2.28. The minimum Gasteiger partial charge on any atom is -0.392 e. The molecular formula is C15H19FN2O3. The minimum absolute atomic E-state index is 0.00634. The number of halogens is 1. The maximum Gasteiger partial charge on any atom is 0.204 e. The number of ether oxygens (including phenoxy) is 1. The molecule has 1 saturated heterocycles. The van der Waals surface area contributed by atoms with Crippen molar-refractivity contribution in [2.24, 2.45) is 0 Å². The number of fused-ring (bicyclic) bond motifs is 1. The normalized spacial score (nSPS) is 23.0. The Kier molecular flexibility index (Phi) is 3.59. The first kappa shape index (κ1) is 14.3. The molecule has 1 aliphatic heterocycles. The van der Waals surface area contributed by atoms with Crippen molar-refractivity contribution < 1.29 is 18.8 Å². The molecule has 1 fully saturated rings. The van der Waals surface area contributed by atoms with Crippen LogP contribution in [0.3, 0.4) is 0 Å². The number of benzene rings is 1. The van der Waals surface area contributed by atoms with E-state index in [9.17, 15) is 9.50 Å². The van der Waals surface area contributed by atoms with Crippen molar-refractivity contribution in [1.82, 2.24) is 5.16 Å². The van der Waals surface area contributed by atoms with E-state index in [1.54, 1.807) is 13.0 Å². The van der Waals surface area contributed by atoms with Crippen molar-refractivity contribution in [2.75, 3.05) is 18.0 Å². The smallest absolute Gasteiger partial charge is 0.204 e. The molecule has 0 amide bonds. The first-order valence-electron chi connectivity index (χ1n) is 7.10. The Hall–Kier alpha value is -1.66. The number of aliphatic hydroxyl groups excluding tert-OH is 1. The maximum absolute atomic E-state index is 14.8. The summed E-state index contributed by atoms with van der Waals surface area (Å²) in [5, 5.41) is 14.0. The van der Waals surface area contributed by atoms with Crippen molar-refractivity contribution in [3.63, 3.8) is 0 Å². The van der Waals surface area contributed by atoms with Gasteiger partial charge in [-0.3, -0.25) is 0 Å². The van der Waals surface area contributed by atoms with Crippen LogP contribution in [0.15, 0.2) is 10.6 Å². The van der Waals surface area contributed by atoms with E-state index in [0.717, 1.165) is 0 Å². The molecule has 2 unspecified atom stereocenters. The van der Waals surface area contributed by atoms with Gasteiger partial charge in [0.1, 0.15) is 0 Å². The predicted octanol–water partition coefficient (Wildman–Crippen LogP) is 2.38. The SMILES string of the molecule is Cc1noc2c(F)c(N3CC(C)OC(C)C3)c(CO)cc12. The number of aromatic nitrogens is 1. The van der Waals surface area contributed by atoms with Crippen molar-refractivity contribution in [1.29, 1.82) is 0 Å². The van der Waals surface area contributed by atoms with Crippen LogP contribution in [0, 0.1) is 12.7 Å². The van der Waals surface area contributed by atoms with E-state index in [1.165, 1.54) is 0 Å². The zero-order valence-corrected chi connectivity index (χ0v) is 12.4. The summed E-state index contributed by atoms with van der Waals surface area (Å²) in [6.07, 6.45) is 0.0127. The first-order chi connectivity index (χ1) is 10.0. The maximum atomic E-state index is 14.8. The predicted molar refractivity (Wildman–Crippen MR) is 76.8 cm³/mol. The largest absolute Gasteiger partial charge is 0.392 e. The molecule has 0 saturated carbocycles. The average Bonchev–Trinajstić information content (AvgIpc) is 2.79. The van der Waals surface area contributed by atoms with Gasteiger partial charge in [-0.15, -0.1) is 0 Å². The van der Waals surface area contributed by atoms with E-state index < -0.39 is 5.82 Å². The lowest BCUT2D eigenvalue weighted by Crippen LogP contribution is -2.46. The van der Waals surface area contributed by atoms with Crippen LogP contribution in [0.2, 0.25) is 0 Å². The Labute approximate surface area is 122 Å². The standard InChI is InChI=1S/C15H19FN2O3/c1-8-5-18(6-9(2)20-8)14-11(7-19)4-12-10(3)17-21-15(12)13(14)16/h4,8-9,19H,5-7H2,1-3H3. The van der Waals surface area contributed by atoms with E-state index in [4.69, 9.17) is 9.26 Å². The Bertz CT molecular complexity index is 660. The van der Waals surface area contributed by atoms with Crippen molar-refractivity contribution in [3.8, 4) is 0 Å². The van der Waals surface area contributed by atoms with Gasteiger partial charge in [0.2, 0.25) is 5.58 Å². The molecule has 2 atom stereocenters. The number of anilines is 1. The van der Waals surface area contributed by atoms with Crippen LogP contribution in [0.1, 0.15) is 25.1 Å². The zero-order chi connectivity index (χ0) is 15.1. The number of aliphatic hydroxyl groups is 1. The fourth-order valence-corrected chi connectivity index (χ4v) is 3.02. The molecule has 1 aliphatic rings.